The Hall–Kier alpha value is -4.72. The number of anilines is 2. The molecule has 0 saturated heterocycles. The Morgan fingerprint density at radius 1 is 1.05 bits per heavy atom. The molecule has 1 saturated carbocycles. The van der Waals surface area contributed by atoms with E-state index in [1.54, 1.807) is 36.5 Å². The maximum atomic E-state index is 16.5. The monoisotopic (exact) mass is 621 g/mol. The number of sulfonamides is 1. The minimum atomic E-state index is -3.84. The minimum Gasteiger partial charge on any atom is -0.497 e. The summed E-state index contributed by atoms with van der Waals surface area (Å²) >= 11 is 0. The predicted octanol–water partition coefficient (Wildman–Crippen LogP) is 4.45. The van der Waals surface area contributed by atoms with Crippen molar-refractivity contribution in [2.45, 2.75) is 50.6 Å². The van der Waals surface area contributed by atoms with E-state index < -0.39 is 26.8 Å². The summed E-state index contributed by atoms with van der Waals surface area (Å²) < 4.78 is 55.0. The summed E-state index contributed by atoms with van der Waals surface area (Å²) in [5.74, 6) is -0.131. The van der Waals surface area contributed by atoms with E-state index in [0.29, 0.717) is 47.9 Å². The number of hydrogen-bond donors (Lipinski definition) is 1. The smallest absolute Gasteiger partial charge is 0.269 e. The van der Waals surface area contributed by atoms with Crippen molar-refractivity contribution in [3.63, 3.8) is 0 Å². The fraction of sp³-hybridized carbons (Fsp3) is 0.333. The number of pyridine rings is 1. The molecular formula is C30H32FN7O5S. The van der Waals surface area contributed by atoms with Crippen molar-refractivity contribution in [1.82, 2.24) is 24.9 Å². The molecule has 0 radical (unpaired) electrons. The number of nitrogens with one attached hydrogen (secondary N) is 1. The molecule has 0 aliphatic heterocycles. The number of methoxy groups -OCH3 is 1. The molecule has 3 heterocycles. The third kappa shape index (κ3) is 6.59. The van der Waals surface area contributed by atoms with Crippen molar-refractivity contribution >= 4 is 27.7 Å². The van der Waals surface area contributed by atoms with E-state index in [2.05, 4.69) is 30.2 Å². The van der Waals surface area contributed by atoms with Gasteiger partial charge in [0, 0.05) is 18.0 Å². The third-order valence-electron chi connectivity index (χ3n) is 7.06. The van der Waals surface area contributed by atoms with E-state index in [1.807, 2.05) is 6.92 Å². The molecule has 0 bridgehead atoms. The van der Waals surface area contributed by atoms with Gasteiger partial charge in [0.2, 0.25) is 27.5 Å². The van der Waals surface area contributed by atoms with Crippen molar-refractivity contribution < 1.29 is 27.1 Å². The molecule has 1 amide bonds. The number of carbonyl (C=O) groups is 1. The Morgan fingerprint density at radius 2 is 1.82 bits per heavy atom. The second-order valence-electron chi connectivity index (χ2n) is 10.1. The van der Waals surface area contributed by atoms with E-state index in [1.165, 1.54) is 44.8 Å². The molecule has 1 aliphatic carbocycles. The van der Waals surface area contributed by atoms with Crippen LogP contribution in [0.4, 0.5) is 16.2 Å². The van der Waals surface area contributed by atoms with Gasteiger partial charge >= 0.3 is 0 Å². The zero-order valence-electron chi connectivity index (χ0n) is 24.5. The van der Waals surface area contributed by atoms with E-state index >= 15 is 4.39 Å². The second kappa shape index (κ2) is 12.9. The Labute approximate surface area is 254 Å². The molecular weight excluding hydrogens is 589 g/mol. The first-order valence-corrected chi connectivity index (χ1v) is 15.6. The van der Waals surface area contributed by atoms with Gasteiger partial charge in [-0.25, -0.2) is 37.0 Å². The van der Waals surface area contributed by atoms with Gasteiger partial charge < -0.3 is 14.8 Å². The summed E-state index contributed by atoms with van der Waals surface area (Å²) in [5, 5.41) is 1.94. The topological polar surface area (TPSA) is 149 Å². The van der Waals surface area contributed by atoms with Gasteiger partial charge in [-0.3, -0.25) is 9.78 Å². The van der Waals surface area contributed by atoms with E-state index in [-0.39, 0.29) is 30.4 Å². The SMILES string of the molecule is CCOc1cncc(-c2ccc(NC(=O)C(F)(CC)c3ccnc(N(Cc4ccc(OC)cc4)S(=O)(=O)C4CC4)n3)nc2)n1. The van der Waals surface area contributed by atoms with Crippen molar-refractivity contribution in [3.8, 4) is 22.9 Å². The molecule has 1 aliphatic rings. The van der Waals surface area contributed by atoms with Crippen molar-refractivity contribution in [2.24, 2.45) is 0 Å². The van der Waals surface area contributed by atoms with Gasteiger partial charge in [-0.05, 0) is 62.1 Å². The summed E-state index contributed by atoms with van der Waals surface area (Å²) in [5.41, 5.74) is -1.08. The highest BCUT2D eigenvalue weighted by Gasteiger charge is 2.44. The molecule has 5 rings (SSSR count). The molecule has 14 heteroatoms. The number of benzene rings is 1. The van der Waals surface area contributed by atoms with Gasteiger partial charge in [-0.2, -0.15) is 0 Å². The number of nitrogens with zero attached hydrogens (tertiary/aromatic N) is 6. The number of amides is 1. The summed E-state index contributed by atoms with van der Waals surface area (Å²) in [6, 6.07) is 11.3. The molecule has 1 atom stereocenters. The van der Waals surface area contributed by atoms with Crippen LogP contribution in [0.25, 0.3) is 11.3 Å². The second-order valence-corrected chi connectivity index (χ2v) is 12.2. The minimum absolute atomic E-state index is 0.0714. The molecule has 1 unspecified atom stereocenters. The number of hydrogen-bond acceptors (Lipinski definition) is 10. The van der Waals surface area contributed by atoms with Gasteiger partial charge in [-0.1, -0.05) is 19.1 Å². The number of alkyl halides is 1. The van der Waals surface area contributed by atoms with Crippen LogP contribution in [0.2, 0.25) is 0 Å². The number of rotatable bonds is 13. The van der Waals surface area contributed by atoms with Gasteiger partial charge in [0.1, 0.15) is 11.6 Å². The Morgan fingerprint density at radius 3 is 2.45 bits per heavy atom. The quantitative estimate of drug-likeness (QED) is 0.227. The zero-order chi connectivity index (χ0) is 31.3. The first-order valence-electron chi connectivity index (χ1n) is 14.1. The van der Waals surface area contributed by atoms with Crippen molar-refractivity contribution in [1.29, 1.82) is 0 Å². The van der Waals surface area contributed by atoms with Crippen LogP contribution in [0, 0.1) is 0 Å². The normalized spacial score (nSPS) is 14.4. The molecule has 0 spiro atoms. The lowest BCUT2D eigenvalue weighted by Gasteiger charge is -2.26. The first-order chi connectivity index (χ1) is 21.2. The van der Waals surface area contributed by atoms with Crippen LogP contribution in [-0.2, 0) is 27.0 Å². The van der Waals surface area contributed by atoms with E-state index in [9.17, 15) is 13.2 Å². The van der Waals surface area contributed by atoms with Crippen molar-refractivity contribution in [2.75, 3.05) is 23.3 Å². The summed E-state index contributed by atoms with van der Waals surface area (Å²) in [4.78, 5) is 34.5. The Kier molecular flexibility index (Phi) is 8.99. The highest BCUT2D eigenvalue weighted by Crippen LogP contribution is 2.35. The average molecular weight is 622 g/mol. The molecule has 4 aromatic rings. The maximum Gasteiger partial charge on any atom is 0.269 e. The van der Waals surface area contributed by atoms with Crippen LogP contribution < -0.4 is 19.1 Å². The Bertz CT molecular complexity index is 1720. The summed E-state index contributed by atoms with van der Waals surface area (Å²) in [7, 11) is -2.30. The van der Waals surface area contributed by atoms with Gasteiger partial charge in [-0.15, -0.1) is 0 Å². The van der Waals surface area contributed by atoms with Crippen molar-refractivity contribution in [3.05, 3.63) is 78.5 Å². The predicted molar refractivity (Wildman–Crippen MR) is 161 cm³/mol. The van der Waals surface area contributed by atoms with Gasteiger partial charge in [0.15, 0.2) is 0 Å². The summed E-state index contributed by atoms with van der Waals surface area (Å²) in [6.45, 7) is 3.70. The van der Waals surface area contributed by atoms with Crippen LogP contribution in [0.1, 0.15) is 44.4 Å². The number of aromatic nitrogens is 5. The molecule has 44 heavy (non-hydrogen) atoms. The van der Waals surface area contributed by atoms with E-state index in [0.717, 1.165) is 4.31 Å². The number of ether oxygens (including phenoxy) is 2. The molecule has 230 valence electrons. The van der Waals surface area contributed by atoms with Gasteiger partial charge in [0.25, 0.3) is 5.91 Å². The van der Waals surface area contributed by atoms with Crippen LogP contribution in [-0.4, -0.2) is 58.2 Å². The van der Waals surface area contributed by atoms with Crippen LogP contribution in [0.15, 0.2) is 67.3 Å². The molecule has 1 aromatic carbocycles. The van der Waals surface area contributed by atoms with Crippen LogP contribution in [0.3, 0.4) is 0 Å². The standard InChI is InChI=1S/C30H32FN7O5S/c1-4-30(31,28(39)37-26-13-8-21(16-34-26)24-17-32-18-27(35-24)43-5-2)25-14-15-33-29(36-25)38(44(40,41)23-11-12-23)19-20-6-9-22(42-3)10-7-20/h6-10,13-18,23H,4-5,11-12,19H2,1-3H3,(H,34,37,39). The number of halogens is 1. The largest absolute Gasteiger partial charge is 0.497 e. The molecule has 12 nitrogen and oxygen atoms in total. The lowest BCUT2D eigenvalue weighted by molar-refractivity contribution is -0.128. The van der Waals surface area contributed by atoms with Crippen LogP contribution in [0.5, 0.6) is 11.6 Å². The Balaban J connectivity index is 1.38. The molecule has 1 fully saturated rings. The highest BCUT2D eigenvalue weighted by atomic mass is 32.2. The lowest BCUT2D eigenvalue weighted by Crippen LogP contribution is -2.39. The van der Waals surface area contributed by atoms with E-state index in [4.69, 9.17) is 9.47 Å². The third-order valence-corrected chi connectivity index (χ3v) is 9.28. The fourth-order valence-corrected chi connectivity index (χ4v) is 6.14. The fourth-order valence-electron chi connectivity index (χ4n) is 4.40. The van der Waals surface area contributed by atoms with Gasteiger partial charge in [0.05, 0.1) is 49.3 Å². The molecule has 1 N–H and O–H groups in total. The average Bonchev–Trinajstić information content (AvgIpc) is 3.91. The lowest BCUT2D eigenvalue weighted by atomic mass is 9.97. The maximum absolute atomic E-state index is 16.5. The number of carbonyl (C=O) groups excluding carboxylic acids is 1. The zero-order valence-corrected chi connectivity index (χ0v) is 25.3. The molecule has 3 aromatic heterocycles. The summed E-state index contributed by atoms with van der Waals surface area (Å²) in [6.07, 6.45) is 6.53. The first kappa shape index (κ1) is 30.7. The highest BCUT2D eigenvalue weighted by molar-refractivity contribution is 7.93. The van der Waals surface area contributed by atoms with Crippen LogP contribution >= 0.6 is 0 Å².